The van der Waals surface area contributed by atoms with Crippen LogP contribution in [0.4, 0.5) is 0 Å². The molecule has 180 valence electrons. The first-order valence-electron chi connectivity index (χ1n) is 11.7. The van der Waals surface area contributed by atoms with Gasteiger partial charge in [-0.15, -0.1) is 0 Å². The Labute approximate surface area is 200 Å². The Balaban J connectivity index is 1.36. The van der Waals surface area contributed by atoms with Crippen molar-refractivity contribution in [3.05, 3.63) is 77.9 Å². The summed E-state index contributed by atoms with van der Waals surface area (Å²) in [4.78, 5) is 36.1. The number of benzene rings is 2. The average Bonchev–Trinajstić information content (AvgIpc) is 3.18. The van der Waals surface area contributed by atoms with Crippen LogP contribution in [0.15, 0.2) is 66.7 Å². The monoisotopic (exact) mass is 464 g/mol. The number of ether oxygens (including phenoxy) is 3. The van der Waals surface area contributed by atoms with Gasteiger partial charge in [0.1, 0.15) is 24.4 Å². The smallest absolute Gasteiger partial charge is 0.306 e. The van der Waals surface area contributed by atoms with Gasteiger partial charge in [0.2, 0.25) is 0 Å². The molecule has 3 atom stereocenters. The van der Waals surface area contributed by atoms with Crippen LogP contribution in [0.1, 0.15) is 43.2 Å². The van der Waals surface area contributed by atoms with Gasteiger partial charge in [0.05, 0.1) is 25.7 Å². The van der Waals surface area contributed by atoms with Crippen molar-refractivity contribution in [3.63, 3.8) is 0 Å². The van der Waals surface area contributed by atoms with E-state index in [9.17, 15) is 14.4 Å². The second-order valence-electron chi connectivity index (χ2n) is 8.43. The number of rotatable bonds is 13. The minimum absolute atomic E-state index is 0.0611. The van der Waals surface area contributed by atoms with E-state index >= 15 is 0 Å². The molecule has 2 aromatic rings. The van der Waals surface area contributed by atoms with Crippen molar-refractivity contribution < 1.29 is 28.6 Å². The molecule has 1 fully saturated rings. The first-order chi connectivity index (χ1) is 16.6. The van der Waals surface area contributed by atoms with Crippen LogP contribution in [-0.4, -0.2) is 31.3 Å². The molecule has 0 radical (unpaired) electrons. The lowest BCUT2D eigenvalue weighted by Gasteiger charge is -2.18. The van der Waals surface area contributed by atoms with Gasteiger partial charge in [-0.2, -0.15) is 0 Å². The Kier molecular flexibility index (Phi) is 10.0. The zero-order chi connectivity index (χ0) is 24.2. The summed E-state index contributed by atoms with van der Waals surface area (Å²) in [6.07, 6.45) is 6.84. The largest absolute Gasteiger partial charge is 0.497 e. The first-order valence-corrected chi connectivity index (χ1v) is 11.7. The molecule has 1 saturated carbocycles. The number of hydrogen-bond acceptors (Lipinski definition) is 6. The maximum atomic E-state index is 12.5. The SMILES string of the molecule is COc1ccc(COC2CC(=O)[C@H](C/C=C\CCCC(=O)OCc3ccccc3)[C@H]2C=O)cc1. The van der Waals surface area contributed by atoms with Crippen LogP contribution in [0.3, 0.4) is 0 Å². The van der Waals surface area contributed by atoms with Gasteiger partial charge in [-0.25, -0.2) is 0 Å². The fraction of sp³-hybridized carbons (Fsp3) is 0.393. The van der Waals surface area contributed by atoms with Crippen LogP contribution in [-0.2, 0) is 37.1 Å². The number of carbonyl (C=O) groups excluding carboxylic acids is 3. The number of methoxy groups -OCH3 is 1. The molecule has 1 aliphatic carbocycles. The van der Waals surface area contributed by atoms with Gasteiger partial charge in [0.15, 0.2) is 0 Å². The molecule has 2 aromatic carbocycles. The molecule has 3 rings (SSSR count). The van der Waals surface area contributed by atoms with E-state index in [-0.39, 0.29) is 30.7 Å². The predicted molar refractivity (Wildman–Crippen MR) is 128 cm³/mol. The quantitative estimate of drug-likeness (QED) is 0.183. The summed E-state index contributed by atoms with van der Waals surface area (Å²) in [6.45, 7) is 0.628. The summed E-state index contributed by atoms with van der Waals surface area (Å²) in [5, 5.41) is 0. The summed E-state index contributed by atoms with van der Waals surface area (Å²) in [5.41, 5.74) is 1.93. The number of esters is 1. The third-order valence-electron chi connectivity index (χ3n) is 6.04. The topological polar surface area (TPSA) is 78.9 Å². The summed E-state index contributed by atoms with van der Waals surface area (Å²) >= 11 is 0. The van der Waals surface area contributed by atoms with Gasteiger partial charge >= 0.3 is 5.97 Å². The van der Waals surface area contributed by atoms with Crippen molar-refractivity contribution in [3.8, 4) is 5.75 Å². The lowest BCUT2D eigenvalue weighted by molar-refractivity contribution is -0.145. The van der Waals surface area contributed by atoms with E-state index in [2.05, 4.69) is 0 Å². The Morgan fingerprint density at radius 2 is 1.74 bits per heavy atom. The van der Waals surface area contributed by atoms with E-state index in [1.54, 1.807) is 7.11 Å². The Hall–Kier alpha value is -3.25. The molecule has 6 nitrogen and oxygen atoms in total. The van der Waals surface area contributed by atoms with E-state index in [1.165, 1.54) is 0 Å². The molecule has 0 aromatic heterocycles. The molecule has 0 N–H and O–H groups in total. The highest BCUT2D eigenvalue weighted by molar-refractivity contribution is 5.88. The highest BCUT2D eigenvalue weighted by atomic mass is 16.5. The van der Waals surface area contributed by atoms with Crippen molar-refractivity contribution >= 4 is 18.0 Å². The molecular formula is C28H32O6. The molecule has 0 aliphatic heterocycles. The van der Waals surface area contributed by atoms with Crippen LogP contribution in [0, 0.1) is 11.8 Å². The second-order valence-corrected chi connectivity index (χ2v) is 8.43. The van der Waals surface area contributed by atoms with Crippen LogP contribution in [0.25, 0.3) is 0 Å². The summed E-state index contributed by atoms with van der Waals surface area (Å²) in [7, 11) is 1.61. The summed E-state index contributed by atoms with van der Waals surface area (Å²) in [5.74, 6) is -0.192. The fourth-order valence-electron chi connectivity index (χ4n) is 4.06. The van der Waals surface area contributed by atoms with Crippen molar-refractivity contribution in [2.75, 3.05) is 7.11 Å². The lowest BCUT2D eigenvalue weighted by atomic mass is 9.92. The van der Waals surface area contributed by atoms with Gasteiger partial charge in [0, 0.05) is 18.8 Å². The molecule has 0 saturated heterocycles. The molecule has 0 spiro atoms. The van der Waals surface area contributed by atoms with Crippen molar-refractivity contribution in [2.24, 2.45) is 11.8 Å². The standard InChI is InChI=1S/C28H32O6/c1-32-23-15-13-22(14-16-23)19-33-27-17-26(30)24(25(27)18-29)11-7-2-3-8-12-28(31)34-20-21-9-5-4-6-10-21/h2,4-7,9-10,13-16,18,24-25,27H,3,8,11-12,17,19-20H2,1H3/b7-2-/t24-,25-,27?/m1/s1. The zero-order valence-corrected chi connectivity index (χ0v) is 19.6. The first kappa shape index (κ1) is 25.4. The minimum Gasteiger partial charge on any atom is -0.497 e. The molecular weight excluding hydrogens is 432 g/mol. The number of ketones is 1. The highest BCUT2D eigenvalue weighted by Gasteiger charge is 2.42. The maximum absolute atomic E-state index is 12.5. The van der Waals surface area contributed by atoms with Crippen LogP contribution in [0.2, 0.25) is 0 Å². The Bertz CT molecular complexity index is 951. The van der Waals surface area contributed by atoms with Gasteiger partial charge in [-0.3, -0.25) is 9.59 Å². The molecule has 0 bridgehead atoms. The molecule has 6 heteroatoms. The zero-order valence-electron chi connectivity index (χ0n) is 19.6. The van der Waals surface area contributed by atoms with Crippen LogP contribution < -0.4 is 4.74 Å². The highest BCUT2D eigenvalue weighted by Crippen LogP contribution is 2.33. The van der Waals surface area contributed by atoms with Crippen LogP contribution >= 0.6 is 0 Å². The van der Waals surface area contributed by atoms with E-state index in [1.807, 2.05) is 66.7 Å². The lowest BCUT2D eigenvalue weighted by Crippen LogP contribution is -2.24. The van der Waals surface area contributed by atoms with Crippen molar-refractivity contribution in [1.82, 2.24) is 0 Å². The van der Waals surface area contributed by atoms with E-state index < -0.39 is 12.0 Å². The van der Waals surface area contributed by atoms with Gasteiger partial charge in [0.25, 0.3) is 0 Å². The van der Waals surface area contributed by atoms with E-state index in [0.29, 0.717) is 32.3 Å². The molecule has 34 heavy (non-hydrogen) atoms. The molecule has 0 heterocycles. The number of unbranched alkanes of at least 4 members (excludes halogenated alkanes) is 1. The minimum atomic E-state index is -0.441. The molecule has 0 amide bonds. The maximum Gasteiger partial charge on any atom is 0.306 e. The molecule has 1 unspecified atom stereocenters. The predicted octanol–water partition coefficient (Wildman–Crippen LogP) is 4.84. The second kappa shape index (κ2) is 13.5. The van der Waals surface area contributed by atoms with Crippen molar-refractivity contribution in [2.45, 2.75) is 51.4 Å². The van der Waals surface area contributed by atoms with Gasteiger partial charge in [-0.1, -0.05) is 54.6 Å². The average molecular weight is 465 g/mol. The van der Waals surface area contributed by atoms with Gasteiger partial charge in [-0.05, 0) is 42.5 Å². The Morgan fingerprint density at radius 1 is 1.00 bits per heavy atom. The number of Topliss-reactive ketones (excluding diaryl/α,β-unsaturated/α-hetero) is 1. The summed E-state index contributed by atoms with van der Waals surface area (Å²) in [6, 6.07) is 17.1. The Morgan fingerprint density at radius 3 is 2.44 bits per heavy atom. The third kappa shape index (κ3) is 7.66. The van der Waals surface area contributed by atoms with E-state index in [0.717, 1.165) is 23.2 Å². The van der Waals surface area contributed by atoms with Crippen molar-refractivity contribution in [1.29, 1.82) is 0 Å². The van der Waals surface area contributed by atoms with Crippen LogP contribution in [0.5, 0.6) is 5.75 Å². The van der Waals surface area contributed by atoms with E-state index in [4.69, 9.17) is 14.2 Å². The normalized spacial score (nSPS) is 19.9. The number of allylic oxidation sites excluding steroid dienone is 2. The number of carbonyl (C=O) groups is 3. The van der Waals surface area contributed by atoms with Gasteiger partial charge < -0.3 is 19.0 Å². The third-order valence-corrected chi connectivity index (χ3v) is 6.04. The number of hydrogen-bond donors (Lipinski definition) is 0. The fourth-order valence-corrected chi connectivity index (χ4v) is 4.06. The number of aldehydes is 1. The molecule has 1 aliphatic rings. The summed E-state index contributed by atoms with van der Waals surface area (Å²) < 4.78 is 16.3.